The van der Waals surface area contributed by atoms with E-state index in [1.807, 2.05) is 4.57 Å². The molecule has 21 heavy (non-hydrogen) atoms. The number of imidazole rings is 1. The lowest BCUT2D eigenvalue weighted by Gasteiger charge is -2.43. The first kappa shape index (κ1) is 14.4. The van der Waals surface area contributed by atoms with Crippen LogP contribution >= 0.6 is 12.6 Å². The summed E-state index contributed by atoms with van der Waals surface area (Å²) in [4.78, 5) is 12.5. The van der Waals surface area contributed by atoms with Gasteiger partial charge in [-0.2, -0.15) is 9.97 Å². The molecule has 1 fully saturated rings. The molecule has 0 amide bonds. The number of aliphatic hydroxyl groups is 2. The number of nitrogen functional groups attached to an aromatic ring is 1. The summed E-state index contributed by atoms with van der Waals surface area (Å²) in [6.45, 7) is 0.0790. The quantitative estimate of drug-likeness (QED) is 0.447. The molecule has 8 nitrogen and oxygen atoms in total. The van der Waals surface area contributed by atoms with Crippen LogP contribution in [0.15, 0.2) is 6.33 Å². The van der Waals surface area contributed by atoms with Crippen molar-refractivity contribution in [1.29, 1.82) is 0 Å². The summed E-state index contributed by atoms with van der Waals surface area (Å²) < 4.78 is 7.04. The van der Waals surface area contributed by atoms with E-state index >= 15 is 0 Å². The highest BCUT2D eigenvalue weighted by atomic mass is 32.1. The smallest absolute Gasteiger partial charge is 0.321 e. The first-order valence-corrected chi connectivity index (χ1v) is 7.28. The SMILES string of the molecule is Nc1nc(OCS)nc2c1ncn2C1CC(CO)C1CO. The van der Waals surface area contributed by atoms with E-state index in [0.29, 0.717) is 11.2 Å². The predicted octanol–water partition coefficient (Wildman–Crippen LogP) is -0.164. The topological polar surface area (TPSA) is 119 Å². The fourth-order valence-electron chi connectivity index (χ4n) is 2.86. The van der Waals surface area contributed by atoms with Gasteiger partial charge in [0.2, 0.25) is 0 Å². The molecule has 3 rings (SSSR count). The van der Waals surface area contributed by atoms with E-state index < -0.39 is 0 Å². The van der Waals surface area contributed by atoms with Crippen LogP contribution in [0, 0.1) is 11.8 Å². The molecule has 9 heteroatoms. The minimum absolute atomic E-state index is 0.0100. The monoisotopic (exact) mass is 311 g/mol. The molecule has 0 spiro atoms. The average Bonchev–Trinajstić information content (AvgIpc) is 2.83. The third-order valence-electron chi connectivity index (χ3n) is 4.07. The average molecular weight is 311 g/mol. The Kier molecular flexibility index (Phi) is 3.87. The zero-order valence-corrected chi connectivity index (χ0v) is 12.1. The number of aliphatic hydroxyl groups excluding tert-OH is 2. The number of fused-ring (bicyclic) bond motifs is 1. The number of hydrogen-bond acceptors (Lipinski definition) is 8. The first-order chi connectivity index (χ1) is 10.2. The van der Waals surface area contributed by atoms with Crippen molar-refractivity contribution >= 4 is 29.6 Å². The summed E-state index contributed by atoms with van der Waals surface area (Å²) >= 11 is 3.97. The van der Waals surface area contributed by atoms with Gasteiger partial charge in [-0.25, -0.2) is 4.98 Å². The number of ether oxygens (including phenoxy) is 1. The normalized spacial score (nSPS) is 25.0. The van der Waals surface area contributed by atoms with Crippen molar-refractivity contribution in [1.82, 2.24) is 19.5 Å². The van der Waals surface area contributed by atoms with Gasteiger partial charge in [-0.3, -0.25) is 0 Å². The standard InChI is InChI=1S/C12H17N5O3S/c13-10-9-11(16-12(15-10)20-5-21)17(4-14-9)8-1-6(2-18)7(8)3-19/h4,6-8,18-19,21H,1-3,5H2,(H2,13,15,16). The Morgan fingerprint density at radius 1 is 1.38 bits per heavy atom. The van der Waals surface area contributed by atoms with Gasteiger partial charge in [0.25, 0.3) is 0 Å². The van der Waals surface area contributed by atoms with Crippen molar-refractivity contribution in [2.45, 2.75) is 12.5 Å². The summed E-state index contributed by atoms with van der Waals surface area (Å²) in [5.41, 5.74) is 6.93. The minimum atomic E-state index is -0.0159. The zero-order valence-electron chi connectivity index (χ0n) is 11.3. The largest absolute Gasteiger partial charge is 0.453 e. The van der Waals surface area contributed by atoms with Crippen LogP contribution in [0.25, 0.3) is 11.2 Å². The Balaban J connectivity index is 2.00. The molecule has 0 aliphatic heterocycles. The number of rotatable bonds is 5. The van der Waals surface area contributed by atoms with Gasteiger partial charge in [0.15, 0.2) is 17.0 Å². The molecule has 4 N–H and O–H groups in total. The molecule has 3 unspecified atom stereocenters. The van der Waals surface area contributed by atoms with E-state index in [1.54, 1.807) is 6.33 Å². The Morgan fingerprint density at radius 2 is 2.19 bits per heavy atom. The number of nitrogens with two attached hydrogens (primary N) is 1. The molecular formula is C12H17N5O3S. The molecule has 0 bridgehead atoms. The Morgan fingerprint density at radius 3 is 2.86 bits per heavy atom. The summed E-state index contributed by atoms with van der Waals surface area (Å²) in [7, 11) is 0. The Labute approximate surface area is 126 Å². The van der Waals surface area contributed by atoms with Crippen LogP contribution in [0.2, 0.25) is 0 Å². The van der Waals surface area contributed by atoms with Gasteiger partial charge < -0.3 is 25.3 Å². The molecule has 114 valence electrons. The summed E-state index contributed by atoms with van der Waals surface area (Å²) in [5.74, 6) is 0.478. The lowest BCUT2D eigenvalue weighted by Crippen LogP contribution is -2.42. The van der Waals surface area contributed by atoms with Gasteiger partial charge in [-0.1, -0.05) is 0 Å². The lowest BCUT2D eigenvalue weighted by atomic mass is 9.70. The van der Waals surface area contributed by atoms with Crippen molar-refractivity contribution in [3.8, 4) is 6.01 Å². The molecule has 2 heterocycles. The van der Waals surface area contributed by atoms with Gasteiger partial charge in [0.1, 0.15) is 5.94 Å². The first-order valence-electron chi connectivity index (χ1n) is 6.65. The molecule has 2 aromatic heterocycles. The maximum Gasteiger partial charge on any atom is 0.321 e. The summed E-state index contributed by atoms with van der Waals surface area (Å²) in [5, 5.41) is 18.7. The summed E-state index contributed by atoms with van der Waals surface area (Å²) in [6.07, 6.45) is 2.40. The third kappa shape index (κ3) is 2.30. The highest BCUT2D eigenvalue weighted by Crippen LogP contribution is 2.44. The van der Waals surface area contributed by atoms with Crippen LogP contribution in [0.1, 0.15) is 12.5 Å². The minimum Gasteiger partial charge on any atom is -0.453 e. The van der Waals surface area contributed by atoms with Gasteiger partial charge in [-0.05, 0) is 12.3 Å². The number of hydrogen-bond donors (Lipinski definition) is 4. The predicted molar refractivity (Wildman–Crippen MR) is 79.0 cm³/mol. The van der Waals surface area contributed by atoms with Crippen LogP contribution < -0.4 is 10.5 Å². The van der Waals surface area contributed by atoms with Crippen molar-refractivity contribution < 1.29 is 14.9 Å². The molecule has 0 aromatic carbocycles. The van der Waals surface area contributed by atoms with Gasteiger partial charge in [-0.15, -0.1) is 12.6 Å². The zero-order chi connectivity index (χ0) is 15.0. The lowest BCUT2D eigenvalue weighted by molar-refractivity contribution is -0.00531. The van der Waals surface area contributed by atoms with Crippen LogP contribution in [-0.2, 0) is 0 Å². The van der Waals surface area contributed by atoms with E-state index in [-0.39, 0.29) is 48.9 Å². The molecule has 1 aliphatic carbocycles. The molecule has 0 radical (unpaired) electrons. The summed E-state index contributed by atoms with van der Waals surface area (Å²) in [6, 6.07) is 0.186. The molecule has 0 saturated heterocycles. The Bertz CT molecular complexity index is 649. The van der Waals surface area contributed by atoms with E-state index in [2.05, 4.69) is 27.6 Å². The number of thiol groups is 1. The van der Waals surface area contributed by atoms with E-state index in [4.69, 9.17) is 10.5 Å². The van der Waals surface area contributed by atoms with Crippen LogP contribution in [-0.4, -0.2) is 48.9 Å². The van der Waals surface area contributed by atoms with Gasteiger partial charge in [0, 0.05) is 25.2 Å². The molecule has 2 aromatic rings. The van der Waals surface area contributed by atoms with E-state index in [0.717, 1.165) is 6.42 Å². The Hall–Kier alpha value is -1.58. The van der Waals surface area contributed by atoms with Gasteiger partial charge >= 0.3 is 6.01 Å². The van der Waals surface area contributed by atoms with Crippen molar-refractivity contribution in [3.05, 3.63) is 6.33 Å². The second-order valence-corrected chi connectivity index (χ2v) is 5.34. The fraction of sp³-hybridized carbons (Fsp3) is 0.583. The third-order valence-corrected chi connectivity index (χ3v) is 4.20. The van der Waals surface area contributed by atoms with Crippen molar-refractivity contribution in [2.75, 3.05) is 24.9 Å². The van der Waals surface area contributed by atoms with Crippen molar-refractivity contribution in [3.63, 3.8) is 0 Å². The van der Waals surface area contributed by atoms with Crippen LogP contribution in [0.5, 0.6) is 6.01 Å². The highest BCUT2D eigenvalue weighted by molar-refractivity contribution is 7.80. The van der Waals surface area contributed by atoms with Crippen molar-refractivity contribution in [2.24, 2.45) is 11.8 Å². The van der Waals surface area contributed by atoms with E-state index in [9.17, 15) is 10.2 Å². The number of nitrogens with zero attached hydrogens (tertiary/aromatic N) is 4. The molecule has 3 atom stereocenters. The molecule has 1 saturated carbocycles. The fourth-order valence-corrected chi connectivity index (χ4v) is 2.98. The molecule has 1 aliphatic rings. The van der Waals surface area contributed by atoms with E-state index in [1.165, 1.54) is 0 Å². The van der Waals surface area contributed by atoms with Crippen LogP contribution in [0.3, 0.4) is 0 Å². The molecular weight excluding hydrogens is 294 g/mol. The van der Waals surface area contributed by atoms with Crippen LogP contribution in [0.4, 0.5) is 5.82 Å². The second-order valence-electron chi connectivity index (χ2n) is 5.08. The number of aromatic nitrogens is 4. The second kappa shape index (κ2) is 5.66. The maximum absolute atomic E-state index is 9.49. The highest BCUT2D eigenvalue weighted by Gasteiger charge is 2.42. The van der Waals surface area contributed by atoms with Gasteiger partial charge in [0.05, 0.1) is 6.33 Å². The maximum atomic E-state index is 9.49. The number of anilines is 1.